The number of carbonyl (C=O) groups excluding carboxylic acids is 4. The Morgan fingerprint density at radius 3 is 2.53 bits per heavy atom. The summed E-state index contributed by atoms with van der Waals surface area (Å²) in [7, 11) is 2.33. The first-order valence-electron chi connectivity index (χ1n) is 10.3. The molecule has 0 saturated heterocycles. The largest absolute Gasteiger partial charge is 0.483 e. The van der Waals surface area contributed by atoms with E-state index >= 15 is 0 Å². The molecular weight excluding hydrogens is 506 g/mol. The summed E-state index contributed by atoms with van der Waals surface area (Å²) < 4.78 is 16.9. The summed E-state index contributed by atoms with van der Waals surface area (Å²) in [6.45, 7) is 0. The van der Waals surface area contributed by atoms with E-state index in [1.54, 1.807) is 48.7 Å². The van der Waals surface area contributed by atoms with Crippen molar-refractivity contribution >= 4 is 46.0 Å². The van der Waals surface area contributed by atoms with Crippen molar-refractivity contribution in [2.75, 3.05) is 14.2 Å². The molecular formula is C25H18BrNO7. The average molecular weight is 524 g/mol. The van der Waals surface area contributed by atoms with Gasteiger partial charge in [-0.15, -0.1) is 0 Å². The van der Waals surface area contributed by atoms with Crippen LogP contribution in [-0.4, -0.2) is 49.2 Å². The summed E-state index contributed by atoms with van der Waals surface area (Å²) in [5.41, 5.74) is -0.755. The number of para-hydroxylation sites is 1. The highest BCUT2D eigenvalue weighted by molar-refractivity contribution is 9.10. The van der Waals surface area contributed by atoms with E-state index in [2.05, 4.69) is 15.9 Å². The smallest absolute Gasteiger partial charge is 0.355 e. The zero-order valence-corrected chi connectivity index (χ0v) is 19.7. The van der Waals surface area contributed by atoms with Gasteiger partial charge in [0.2, 0.25) is 0 Å². The fraction of sp³-hybridized carbons (Fsp3) is 0.200. The minimum atomic E-state index is -1.89. The molecule has 172 valence electrons. The fourth-order valence-electron chi connectivity index (χ4n) is 5.02. The van der Waals surface area contributed by atoms with Crippen molar-refractivity contribution in [1.82, 2.24) is 4.90 Å². The number of ketones is 1. The van der Waals surface area contributed by atoms with Crippen molar-refractivity contribution in [3.05, 3.63) is 81.1 Å². The van der Waals surface area contributed by atoms with Crippen LogP contribution in [-0.2, 0) is 23.9 Å². The summed E-state index contributed by atoms with van der Waals surface area (Å²) in [5.74, 6) is -2.05. The first kappa shape index (κ1) is 22.1. The second kappa shape index (κ2) is 7.95. The van der Waals surface area contributed by atoms with Gasteiger partial charge in [0.25, 0.3) is 0 Å². The molecule has 0 bridgehead atoms. The number of Topliss-reactive ketones (excluding diaryl/α,β-unsaturated/α-hetero) is 1. The Bertz CT molecular complexity index is 1330. The highest BCUT2D eigenvalue weighted by atomic mass is 79.9. The number of ether oxygens (including phenoxy) is 3. The lowest BCUT2D eigenvalue weighted by Gasteiger charge is -2.53. The van der Waals surface area contributed by atoms with E-state index in [9.17, 15) is 19.2 Å². The van der Waals surface area contributed by atoms with E-state index in [1.807, 2.05) is 6.07 Å². The van der Waals surface area contributed by atoms with Crippen LogP contribution < -0.4 is 4.74 Å². The average Bonchev–Trinajstić information content (AvgIpc) is 2.87. The summed E-state index contributed by atoms with van der Waals surface area (Å²) in [5, 5.41) is 0. The fourth-order valence-corrected chi connectivity index (χ4v) is 5.53. The Labute approximate surface area is 202 Å². The molecule has 0 amide bonds. The number of aldehydes is 1. The van der Waals surface area contributed by atoms with Gasteiger partial charge in [0.15, 0.2) is 17.3 Å². The van der Waals surface area contributed by atoms with E-state index in [0.717, 1.165) is 17.1 Å². The van der Waals surface area contributed by atoms with Crippen LogP contribution in [0.25, 0.3) is 6.08 Å². The molecule has 0 fully saturated rings. The van der Waals surface area contributed by atoms with Crippen molar-refractivity contribution in [2.45, 2.75) is 12.1 Å². The first-order valence-corrected chi connectivity index (χ1v) is 11.1. The number of hydrogen-bond acceptors (Lipinski definition) is 8. The first-order chi connectivity index (χ1) is 16.4. The SMILES string of the molecule is COC(=O)C1=C(C(=O)OC)N2C=Cc3c(Br)cccc3[C@@H]2[C@@]2(C=O)C(=O)c3ccccc3O[C@@H]12. The maximum Gasteiger partial charge on any atom is 0.355 e. The molecule has 0 radical (unpaired) electrons. The molecule has 0 spiro atoms. The molecule has 3 atom stereocenters. The van der Waals surface area contributed by atoms with Gasteiger partial charge in [-0.1, -0.05) is 40.2 Å². The molecule has 0 aliphatic carbocycles. The molecule has 3 aliphatic rings. The predicted octanol–water partition coefficient (Wildman–Crippen LogP) is 3.22. The monoisotopic (exact) mass is 523 g/mol. The van der Waals surface area contributed by atoms with Crippen LogP contribution in [0.4, 0.5) is 0 Å². The molecule has 9 heteroatoms. The quantitative estimate of drug-likeness (QED) is 0.343. The van der Waals surface area contributed by atoms with Crippen LogP contribution in [0.3, 0.4) is 0 Å². The molecule has 0 N–H and O–H groups in total. The molecule has 34 heavy (non-hydrogen) atoms. The van der Waals surface area contributed by atoms with Gasteiger partial charge in [-0.25, -0.2) is 9.59 Å². The third-order valence-corrected chi connectivity index (χ3v) is 7.16. The van der Waals surface area contributed by atoms with Crippen LogP contribution in [0.2, 0.25) is 0 Å². The van der Waals surface area contributed by atoms with Crippen LogP contribution in [0.1, 0.15) is 27.5 Å². The molecule has 0 saturated carbocycles. The van der Waals surface area contributed by atoms with Crippen molar-refractivity contribution in [1.29, 1.82) is 0 Å². The maximum absolute atomic E-state index is 14.1. The Hall–Kier alpha value is -3.72. The Balaban J connectivity index is 1.92. The van der Waals surface area contributed by atoms with Gasteiger partial charge in [-0.2, -0.15) is 0 Å². The number of rotatable bonds is 3. The lowest BCUT2D eigenvalue weighted by Crippen LogP contribution is -2.63. The van der Waals surface area contributed by atoms with Crippen LogP contribution in [0.5, 0.6) is 5.75 Å². The van der Waals surface area contributed by atoms with Gasteiger partial charge in [-0.3, -0.25) is 4.79 Å². The van der Waals surface area contributed by atoms with E-state index in [4.69, 9.17) is 14.2 Å². The van der Waals surface area contributed by atoms with Crippen molar-refractivity contribution in [3.63, 3.8) is 0 Å². The zero-order chi connectivity index (χ0) is 24.2. The third kappa shape index (κ3) is 2.76. The van der Waals surface area contributed by atoms with Crippen molar-refractivity contribution < 1.29 is 33.4 Å². The summed E-state index contributed by atoms with van der Waals surface area (Å²) in [4.78, 5) is 54.6. The van der Waals surface area contributed by atoms with Gasteiger partial charge >= 0.3 is 11.9 Å². The van der Waals surface area contributed by atoms with E-state index in [1.165, 1.54) is 12.0 Å². The summed E-state index contributed by atoms with van der Waals surface area (Å²) in [6.07, 6.45) is 2.39. The standard InChI is InChI=1S/C25H18BrNO7/c1-32-23(30)18-19(24(31)33-2)27-11-10-13-14(7-5-8-16(13)26)20(27)25(12-28)21(29)15-6-3-4-9-17(15)34-22(18)25/h3-12,20,22H,1-2H3/t20-,22+,25+/m1/s1. The van der Waals surface area contributed by atoms with E-state index in [-0.39, 0.29) is 22.6 Å². The molecule has 5 rings (SSSR count). The number of carbonyl (C=O) groups is 4. The normalized spacial score (nSPS) is 24.2. The Morgan fingerprint density at radius 2 is 1.82 bits per heavy atom. The third-order valence-electron chi connectivity index (χ3n) is 6.47. The Morgan fingerprint density at radius 1 is 1.09 bits per heavy atom. The number of halogens is 1. The Kier molecular flexibility index (Phi) is 5.16. The molecule has 0 aromatic heterocycles. The number of nitrogens with zero attached hydrogens (tertiary/aromatic N) is 1. The number of methoxy groups -OCH3 is 2. The lowest BCUT2D eigenvalue weighted by atomic mass is 9.61. The molecule has 2 aromatic rings. The summed E-state index contributed by atoms with van der Waals surface area (Å²) >= 11 is 3.52. The molecule has 3 heterocycles. The minimum Gasteiger partial charge on any atom is -0.483 e. The van der Waals surface area contributed by atoms with E-state index < -0.39 is 35.3 Å². The number of fused-ring (bicyclic) bond motifs is 6. The van der Waals surface area contributed by atoms with Crippen molar-refractivity contribution in [2.24, 2.45) is 5.41 Å². The zero-order valence-electron chi connectivity index (χ0n) is 18.1. The van der Waals surface area contributed by atoms with Gasteiger partial charge in [0, 0.05) is 10.7 Å². The van der Waals surface area contributed by atoms with Crippen LogP contribution >= 0.6 is 15.9 Å². The van der Waals surface area contributed by atoms with Crippen LogP contribution in [0, 0.1) is 5.41 Å². The lowest BCUT2D eigenvalue weighted by molar-refractivity contribution is -0.146. The van der Waals surface area contributed by atoms with Crippen molar-refractivity contribution in [3.8, 4) is 5.75 Å². The molecule has 0 unspecified atom stereocenters. The molecule has 8 nitrogen and oxygen atoms in total. The van der Waals surface area contributed by atoms with Gasteiger partial charge in [0.1, 0.15) is 23.3 Å². The highest BCUT2D eigenvalue weighted by Crippen LogP contribution is 2.57. The summed E-state index contributed by atoms with van der Waals surface area (Å²) in [6, 6.07) is 10.9. The topological polar surface area (TPSA) is 99.2 Å². The van der Waals surface area contributed by atoms with Gasteiger partial charge in [0.05, 0.1) is 25.8 Å². The van der Waals surface area contributed by atoms with Gasteiger partial charge < -0.3 is 23.9 Å². The number of esters is 2. The number of hydrogen-bond donors (Lipinski definition) is 0. The second-order valence-corrected chi connectivity index (χ2v) is 8.84. The van der Waals surface area contributed by atoms with Crippen LogP contribution in [0.15, 0.2) is 64.4 Å². The van der Waals surface area contributed by atoms with E-state index in [0.29, 0.717) is 11.8 Å². The second-order valence-electron chi connectivity index (χ2n) is 7.99. The van der Waals surface area contributed by atoms with Gasteiger partial charge in [-0.05, 0) is 35.4 Å². The number of benzene rings is 2. The molecule has 3 aliphatic heterocycles. The minimum absolute atomic E-state index is 0.157. The predicted molar refractivity (Wildman–Crippen MR) is 122 cm³/mol. The maximum atomic E-state index is 14.1. The molecule has 2 aromatic carbocycles. The highest BCUT2D eigenvalue weighted by Gasteiger charge is 2.66.